The van der Waals surface area contributed by atoms with E-state index in [1.54, 1.807) is 0 Å². The minimum absolute atomic E-state index is 0.00949. The summed E-state index contributed by atoms with van der Waals surface area (Å²) >= 11 is 0. The minimum Gasteiger partial charge on any atom is -0.310 e. The molecule has 5 nitrogen and oxygen atoms in total. The van der Waals surface area contributed by atoms with E-state index in [2.05, 4.69) is 44.1 Å². The zero-order chi connectivity index (χ0) is 17.2. The first-order valence-corrected chi connectivity index (χ1v) is 8.50. The SMILES string of the molecule is Cc1nc2c(c(=O)[nH]1)CN(Cc1ccc(-c3ccccc3)nc1)CC2. The molecule has 1 aliphatic heterocycles. The van der Waals surface area contributed by atoms with Crippen LogP contribution in [0.4, 0.5) is 0 Å². The van der Waals surface area contributed by atoms with E-state index in [-0.39, 0.29) is 5.56 Å². The van der Waals surface area contributed by atoms with Gasteiger partial charge in [0.05, 0.1) is 17.0 Å². The van der Waals surface area contributed by atoms with Crippen molar-refractivity contribution in [3.63, 3.8) is 0 Å². The number of pyridine rings is 1. The van der Waals surface area contributed by atoms with Crippen LogP contribution in [0.2, 0.25) is 0 Å². The molecule has 0 amide bonds. The molecule has 3 heterocycles. The number of aromatic amines is 1. The maximum absolute atomic E-state index is 12.1. The summed E-state index contributed by atoms with van der Waals surface area (Å²) in [5, 5.41) is 0. The topological polar surface area (TPSA) is 61.9 Å². The normalized spacial score (nSPS) is 14.3. The first-order valence-electron chi connectivity index (χ1n) is 8.50. The number of H-pyrrole nitrogens is 1. The lowest BCUT2D eigenvalue weighted by molar-refractivity contribution is 0.241. The lowest BCUT2D eigenvalue weighted by atomic mass is 10.1. The van der Waals surface area contributed by atoms with Crippen LogP contribution in [0, 0.1) is 6.92 Å². The van der Waals surface area contributed by atoms with Crippen molar-refractivity contribution in [3.8, 4) is 11.3 Å². The number of nitrogens with one attached hydrogen (secondary N) is 1. The molecule has 0 radical (unpaired) electrons. The second kappa shape index (κ2) is 6.61. The van der Waals surface area contributed by atoms with Crippen molar-refractivity contribution in [1.29, 1.82) is 0 Å². The molecule has 0 unspecified atom stereocenters. The molecule has 0 aliphatic carbocycles. The Balaban J connectivity index is 1.49. The fourth-order valence-corrected chi connectivity index (χ4v) is 3.30. The summed E-state index contributed by atoms with van der Waals surface area (Å²) in [4.78, 5) is 26.3. The molecule has 0 atom stereocenters. The Bertz CT molecular complexity index is 932. The van der Waals surface area contributed by atoms with Crippen LogP contribution in [0.25, 0.3) is 11.3 Å². The molecule has 0 spiro atoms. The van der Waals surface area contributed by atoms with E-state index in [9.17, 15) is 4.79 Å². The van der Waals surface area contributed by atoms with E-state index >= 15 is 0 Å². The highest BCUT2D eigenvalue weighted by Gasteiger charge is 2.20. The van der Waals surface area contributed by atoms with Gasteiger partial charge in [0.15, 0.2) is 0 Å². The van der Waals surface area contributed by atoms with Gasteiger partial charge in [0, 0.05) is 37.8 Å². The molecule has 3 aromatic rings. The van der Waals surface area contributed by atoms with Crippen LogP contribution in [-0.4, -0.2) is 26.4 Å². The Kier molecular flexibility index (Phi) is 4.15. The molecular weight excluding hydrogens is 312 g/mol. The summed E-state index contributed by atoms with van der Waals surface area (Å²) < 4.78 is 0. The van der Waals surface area contributed by atoms with E-state index in [0.29, 0.717) is 12.4 Å². The predicted octanol–water partition coefficient (Wildman–Crippen LogP) is 2.70. The predicted molar refractivity (Wildman–Crippen MR) is 97.1 cm³/mol. The summed E-state index contributed by atoms with van der Waals surface area (Å²) in [6.45, 7) is 4.16. The van der Waals surface area contributed by atoms with Crippen molar-refractivity contribution < 1.29 is 0 Å². The standard InChI is InChI=1S/C20H20N4O/c1-14-22-19-9-10-24(13-17(19)20(25)23-14)12-15-7-8-18(21-11-15)16-5-3-2-4-6-16/h2-8,11H,9-10,12-13H2,1H3,(H,22,23,25). The molecule has 1 N–H and O–H groups in total. The third-order valence-corrected chi connectivity index (χ3v) is 4.57. The third kappa shape index (κ3) is 3.37. The Labute approximate surface area is 146 Å². The Morgan fingerprint density at radius 1 is 1.16 bits per heavy atom. The van der Waals surface area contributed by atoms with Crippen LogP contribution in [0.15, 0.2) is 53.5 Å². The number of fused-ring (bicyclic) bond motifs is 1. The van der Waals surface area contributed by atoms with E-state index in [4.69, 9.17) is 0 Å². The van der Waals surface area contributed by atoms with Gasteiger partial charge in [-0.1, -0.05) is 36.4 Å². The number of aryl methyl sites for hydroxylation is 1. The van der Waals surface area contributed by atoms with Crippen molar-refractivity contribution in [3.05, 3.63) is 81.7 Å². The Morgan fingerprint density at radius 3 is 2.76 bits per heavy atom. The van der Waals surface area contributed by atoms with Crippen molar-refractivity contribution in [2.45, 2.75) is 26.4 Å². The average Bonchev–Trinajstić information content (AvgIpc) is 2.63. The lowest BCUT2D eigenvalue weighted by Crippen LogP contribution is -2.35. The van der Waals surface area contributed by atoms with E-state index in [1.165, 1.54) is 0 Å². The van der Waals surface area contributed by atoms with Crippen molar-refractivity contribution >= 4 is 0 Å². The van der Waals surface area contributed by atoms with Gasteiger partial charge in [-0.15, -0.1) is 0 Å². The molecule has 0 bridgehead atoms. The highest BCUT2D eigenvalue weighted by Crippen LogP contribution is 2.19. The molecular formula is C20H20N4O. The van der Waals surface area contributed by atoms with Crippen LogP contribution < -0.4 is 5.56 Å². The summed E-state index contributed by atoms with van der Waals surface area (Å²) in [5.41, 5.74) is 4.98. The minimum atomic E-state index is -0.00949. The van der Waals surface area contributed by atoms with Crippen LogP contribution in [0.1, 0.15) is 22.6 Å². The van der Waals surface area contributed by atoms with Gasteiger partial charge >= 0.3 is 0 Å². The number of hydrogen-bond donors (Lipinski definition) is 1. The van der Waals surface area contributed by atoms with E-state index < -0.39 is 0 Å². The van der Waals surface area contributed by atoms with Crippen LogP contribution in [0.5, 0.6) is 0 Å². The zero-order valence-corrected chi connectivity index (χ0v) is 14.2. The van der Waals surface area contributed by atoms with Crippen LogP contribution in [-0.2, 0) is 19.5 Å². The fraction of sp³-hybridized carbons (Fsp3) is 0.250. The summed E-state index contributed by atoms with van der Waals surface area (Å²) in [7, 11) is 0. The van der Waals surface area contributed by atoms with Gasteiger partial charge < -0.3 is 4.98 Å². The average molecular weight is 332 g/mol. The quantitative estimate of drug-likeness (QED) is 0.801. The monoisotopic (exact) mass is 332 g/mol. The Hall–Kier alpha value is -2.79. The highest BCUT2D eigenvalue weighted by atomic mass is 16.1. The van der Waals surface area contributed by atoms with Gasteiger partial charge in [-0.05, 0) is 18.6 Å². The summed E-state index contributed by atoms with van der Waals surface area (Å²) in [6, 6.07) is 14.3. The smallest absolute Gasteiger partial charge is 0.255 e. The van der Waals surface area contributed by atoms with Gasteiger partial charge in [-0.3, -0.25) is 14.7 Å². The summed E-state index contributed by atoms with van der Waals surface area (Å²) in [5.74, 6) is 0.693. The van der Waals surface area contributed by atoms with Gasteiger partial charge in [-0.2, -0.15) is 0 Å². The zero-order valence-electron chi connectivity index (χ0n) is 14.2. The van der Waals surface area contributed by atoms with E-state index in [1.807, 2.05) is 31.3 Å². The third-order valence-electron chi connectivity index (χ3n) is 4.57. The number of nitrogens with zero attached hydrogens (tertiary/aromatic N) is 3. The number of aromatic nitrogens is 3. The van der Waals surface area contributed by atoms with Crippen LogP contribution >= 0.6 is 0 Å². The highest BCUT2D eigenvalue weighted by molar-refractivity contribution is 5.58. The molecule has 5 heteroatoms. The number of benzene rings is 1. The first-order chi connectivity index (χ1) is 12.2. The molecule has 25 heavy (non-hydrogen) atoms. The first kappa shape index (κ1) is 15.7. The maximum Gasteiger partial charge on any atom is 0.255 e. The van der Waals surface area contributed by atoms with Crippen molar-refractivity contribution in [2.24, 2.45) is 0 Å². The molecule has 0 fully saturated rings. The van der Waals surface area contributed by atoms with Gasteiger partial charge in [0.25, 0.3) is 5.56 Å². The maximum atomic E-state index is 12.1. The van der Waals surface area contributed by atoms with Gasteiger partial charge in [-0.25, -0.2) is 4.98 Å². The fourth-order valence-electron chi connectivity index (χ4n) is 3.30. The molecule has 0 saturated carbocycles. The summed E-state index contributed by atoms with van der Waals surface area (Å²) in [6.07, 6.45) is 2.74. The molecule has 4 rings (SSSR count). The molecule has 126 valence electrons. The molecule has 1 aliphatic rings. The van der Waals surface area contributed by atoms with Crippen LogP contribution in [0.3, 0.4) is 0 Å². The van der Waals surface area contributed by atoms with E-state index in [0.717, 1.165) is 47.6 Å². The molecule has 0 saturated heterocycles. The molecule has 1 aromatic carbocycles. The van der Waals surface area contributed by atoms with Gasteiger partial charge in [0.1, 0.15) is 5.82 Å². The second-order valence-electron chi connectivity index (χ2n) is 6.45. The van der Waals surface area contributed by atoms with Crippen molar-refractivity contribution in [1.82, 2.24) is 19.9 Å². The van der Waals surface area contributed by atoms with Crippen molar-refractivity contribution in [2.75, 3.05) is 6.54 Å². The van der Waals surface area contributed by atoms with Gasteiger partial charge in [0.2, 0.25) is 0 Å². The second-order valence-corrected chi connectivity index (χ2v) is 6.45. The molecule has 2 aromatic heterocycles. The lowest BCUT2D eigenvalue weighted by Gasteiger charge is -2.27. The Morgan fingerprint density at radius 2 is 2.00 bits per heavy atom. The number of hydrogen-bond acceptors (Lipinski definition) is 4. The largest absolute Gasteiger partial charge is 0.310 e. The number of rotatable bonds is 3.